The summed E-state index contributed by atoms with van der Waals surface area (Å²) in [4.78, 5) is 11.5. The number of nitrogens with one attached hydrogen (secondary N) is 1. The van der Waals surface area contributed by atoms with Gasteiger partial charge in [-0.05, 0) is 55.2 Å². The first kappa shape index (κ1) is 14.6. The number of ether oxygens (including phenoxy) is 1. The van der Waals surface area contributed by atoms with E-state index in [2.05, 4.69) is 5.32 Å². The third-order valence-electron chi connectivity index (χ3n) is 3.95. The van der Waals surface area contributed by atoms with Gasteiger partial charge in [0.25, 0.3) is 0 Å². The number of benzene rings is 1. The zero-order valence-corrected chi connectivity index (χ0v) is 12.7. The molecule has 1 saturated carbocycles. The summed E-state index contributed by atoms with van der Waals surface area (Å²) in [5.74, 6) is 1.61. The van der Waals surface area contributed by atoms with Gasteiger partial charge in [-0.2, -0.15) is 11.8 Å². The molecule has 1 aliphatic heterocycles. The molecule has 1 aromatic carbocycles. The van der Waals surface area contributed by atoms with Crippen LogP contribution < -0.4 is 5.32 Å². The topological polar surface area (TPSA) is 38.3 Å². The highest BCUT2D eigenvalue weighted by atomic mass is 32.2. The average Bonchev–Trinajstić information content (AvgIpc) is 2.80. The van der Waals surface area contributed by atoms with Gasteiger partial charge in [0.1, 0.15) is 11.6 Å². The smallest absolute Gasteiger partial charge is 0.411 e. The van der Waals surface area contributed by atoms with Gasteiger partial charge < -0.3 is 4.74 Å². The van der Waals surface area contributed by atoms with Crippen molar-refractivity contribution in [1.82, 2.24) is 0 Å². The Kier molecular flexibility index (Phi) is 3.82. The van der Waals surface area contributed by atoms with Crippen molar-refractivity contribution in [3.8, 4) is 0 Å². The van der Waals surface area contributed by atoms with E-state index in [-0.39, 0.29) is 23.3 Å². The highest BCUT2D eigenvalue weighted by molar-refractivity contribution is 7.99. The Bertz CT molecular complexity index is 546. The number of fused-ring (bicyclic) bond motifs is 1. The first-order valence-corrected chi connectivity index (χ1v) is 8.17. The Morgan fingerprint density at radius 3 is 2.38 bits per heavy atom. The molecule has 1 aliphatic carbocycles. The number of carbonyl (C=O) groups is 1. The molecule has 0 bridgehead atoms. The number of anilines is 1. The standard InChI is InChI=1S/C15H17F2NO2S/c1-7(2)20-15(19)18-8-3-11(16)14(12(17)4-8)13-9-5-21-6-10(9)13/h3-4,7,9-10,13H,5-6H2,1-2H3,(H,18,19)/t9-,10+,13+. The Labute approximate surface area is 126 Å². The van der Waals surface area contributed by atoms with Gasteiger partial charge in [0.2, 0.25) is 0 Å². The molecular formula is C15H17F2NO2S. The van der Waals surface area contributed by atoms with E-state index in [4.69, 9.17) is 4.74 Å². The van der Waals surface area contributed by atoms with Crippen molar-refractivity contribution >= 4 is 23.5 Å². The molecule has 1 aromatic rings. The van der Waals surface area contributed by atoms with Crippen LogP contribution in [0.25, 0.3) is 0 Å². The lowest BCUT2D eigenvalue weighted by Gasteiger charge is -2.12. The van der Waals surface area contributed by atoms with E-state index < -0.39 is 17.7 Å². The monoisotopic (exact) mass is 313 g/mol. The first-order valence-electron chi connectivity index (χ1n) is 7.01. The second-order valence-corrected chi connectivity index (χ2v) is 6.90. The Hall–Kier alpha value is -1.30. The fourth-order valence-electron chi connectivity index (χ4n) is 3.00. The van der Waals surface area contributed by atoms with Crippen molar-refractivity contribution in [3.05, 3.63) is 29.3 Å². The van der Waals surface area contributed by atoms with Crippen LogP contribution in [0.2, 0.25) is 0 Å². The van der Waals surface area contributed by atoms with Crippen molar-refractivity contribution in [3.63, 3.8) is 0 Å². The minimum atomic E-state index is -0.712. The van der Waals surface area contributed by atoms with E-state index in [0.717, 1.165) is 11.5 Å². The van der Waals surface area contributed by atoms with Gasteiger partial charge in [-0.15, -0.1) is 0 Å². The molecule has 1 N–H and O–H groups in total. The number of carbonyl (C=O) groups excluding carboxylic acids is 1. The third kappa shape index (κ3) is 2.86. The molecule has 21 heavy (non-hydrogen) atoms. The van der Waals surface area contributed by atoms with Gasteiger partial charge in [0.05, 0.1) is 6.10 Å². The maximum Gasteiger partial charge on any atom is 0.411 e. The molecule has 0 aromatic heterocycles. The van der Waals surface area contributed by atoms with Crippen LogP contribution in [-0.4, -0.2) is 23.7 Å². The van der Waals surface area contributed by atoms with Gasteiger partial charge in [-0.1, -0.05) is 0 Å². The van der Waals surface area contributed by atoms with Crippen LogP contribution in [0.4, 0.5) is 19.3 Å². The maximum absolute atomic E-state index is 14.2. The predicted octanol–water partition coefficient (Wildman–Crippen LogP) is 4.00. The van der Waals surface area contributed by atoms with Gasteiger partial charge >= 0.3 is 6.09 Å². The summed E-state index contributed by atoms with van der Waals surface area (Å²) in [6, 6.07) is 2.34. The van der Waals surface area contributed by atoms with Crippen LogP contribution >= 0.6 is 11.8 Å². The SMILES string of the molecule is CC(C)OC(=O)Nc1cc(F)c([C@H]2[C@@H]3CSC[C@@H]32)c(F)c1. The van der Waals surface area contributed by atoms with E-state index in [1.54, 1.807) is 13.8 Å². The summed E-state index contributed by atoms with van der Waals surface area (Å²) < 4.78 is 33.3. The molecule has 2 aliphatic rings. The number of halogens is 2. The summed E-state index contributed by atoms with van der Waals surface area (Å²) >= 11 is 1.84. The molecule has 1 heterocycles. The largest absolute Gasteiger partial charge is 0.447 e. The molecule has 114 valence electrons. The van der Waals surface area contributed by atoms with Gasteiger partial charge in [-0.25, -0.2) is 13.6 Å². The lowest BCUT2D eigenvalue weighted by molar-refractivity contribution is 0.130. The summed E-state index contributed by atoms with van der Waals surface area (Å²) in [5, 5.41) is 2.35. The maximum atomic E-state index is 14.2. The lowest BCUT2D eigenvalue weighted by atomic mass is 10.1. The number of rotatable bonds is 3. The number of hydrogen-bond acceptors (Lipinski definition) is 3. The minimum Gasteiger partial charge on any atom is -0.447 e. The molecule has 3 rings (SSSR count). The fourth-order valence-corrected chi connectivity index (χ4v) is 4.59. The van der Waals surface area contributed by atoms with Crippen molar-refractivity contribution in [2.24, 2.45) is 11.8 Å². The highest BCUT2D eigenvalue weighted by Crippen LogP contribution is 2.61. The molecular weight excluding hydrogens is 296 g/mol. The molecule has 0 spiro atoms. The van der Waals surface area contributed by atoms with Crippen molar-refractivity contribution in [2.45, 2.75) is 25.9 Å². The van der Waals surface area contributed by atoms with Crippen molar-refractivity contribution in [2.75, 3.05) is 16.8 Å². The molecule has 3 atom stereocenters. The van der Waals surface area contributed by atoms with Crippen LogP contribution in [0.3, 0.4) is 0 Å². The first-order chi connectivity index (χ1) is 9.97. The van der Waals surface area contributed by atoms with Gasteiger partial charge in [-0.3, -0.25) is 5.32 Å². The summed E-state index contributed by atoms with van der Waals surface area (Å²) in [5.41, 5.74) is 0.257. The van der Waals surface area contributed by atoms with E-state index in [9.17, 15) is 13.6 Å². The predicted molar refractivity (Wildman–Crippen MR) is 78.6 cm³/mol. The molecule has 0 unspecified atom stereocenters. The van der Waals surface area contributed by atoms with E-state index in [0.29, 0.717) is 11.8 Å². The third-order valence-corrected chi connectivity index (χ3v) is 5.19. The second kappa shape index (κ2) is 5.48. The zero-order valence-electron chi connectivity index (χ0n) is 11.9. The Balaban J connectivity index is 1.75. The van der Waals surface area contributed by atoms with E-state index in [1.807, 2.05) is 11.8 Å². The van der Waals surface area contributed by atoms with Crippen molar-refractivity contribution in [1.29, 1.82) is 0 Å². The fraction of sp³-hybridized carbons (Fsp3) is 0.533. The van der Waals surface area contributed by atoms with E-state index >= 15 is 0 Å². The normalized spacial score (nSPS) is 26.6. The summed E-state index contributed by atoms with van der Waals surface area (Å²) in [6.07, 6.45) is -1.00. The van der Waals surface area contributed by atoms with Crippen LogP contribution in [0, 0.1) is 23.5 Å². The Morgan fingerprint density at radius 1 is 1.29 bits per heavy atom. The average molecular weight is 313 g/mol. The summed E-state index contributed by atoms with van der Waals surface area (Å²) in [7, 11) is 0. The second-order valence-electron chi connectivity index (χ2n) is 5.82. The van der Waals surface area contributed by atoms with Gasteiger partial charge in [0, 0.05) is 11.3 Å². The molecule has 1 saturated heterocycles. The number of thioether (sulfide) groups is 1. The number of amides is 1. The van der Waals surface area contributed by atoms with Crippen LogP contribution in [0.15, 0.2) is 12.1 Å². The molecule has 2 fully saturated rings. The Morgan fingerprint density at radius 2 is 1.86 bits per heavy atom. The lowest BCUT2D eigenvalue weighted by Crippen LogP contribution is -2.18. The highest BCUT2D eigenvalue weighted by Gasteiger charge is 2.55. The van der Waals surface area contributed by atoms with Crippen molar-refractivity contribution < 1.29 is 18.3 Å². The van der Waals surface area contributed by atoms with E-state index in [1.165, 1.54) is 12.1 Å². The zero-order chi connectivity index (χ0) is 15.1. The van der Waals surface area contributed by atoms with Crippen LogP contribution in [-0.2, 0) is 4.74 Å². The minimum absolute atomic E-state index is 0.00270. The molecule has 6 heteroatoms. The number of hydrogen-bond donors (Lipinski definition) is 1. The summed E-state index contributed by atoms with van der Waals surface area (Å²) in [6.45, 7) is 3.40. The van der Waals surface area contributed by atoms with Crippen LogP contribution in [0.1, 0.15) is 25.3 Å². The molecule has 1 amide bonds. The molecule has 3 nitrogen and oxygen atoms in total. The quantitative estimate of drug-likeness (QED) is 0.916. The van der Waals surface area contributed by atoms with Crippen LogP contribution in [0.5, 0.6) is 0 Å². The molecule has 0 radical (unpaired) electrons. The van der Waals surface area contributed by atoms with Gasteiger partial charge in [0.15, 0.2) is 0 Å².